The van der Waals surface area contributed by atoms with Crippen LogP contribution >= 0.6 is 9.95 Å². The third-order valence-corrected chi connectivity index (χ3v) is 3.24. The average molecular weight is 176 g/mol. The van der Waals surface area contributed by atoms with Gasteiger partial charge in [0.2, 0.25) is 0 Å². The molecule has 0 aromatic heterocycles. The number of allylic oxidation sites excluding steroid dienone is 2. The molecule has 0 amide bonds. The first kappa shape index (κ1) is 5.27. The molecule has 1 aliphatic rings. The maximum atomic E-state index is 5.66. The van der Waals surface area contributed by atoms with Crippen LogP contribution in [0.2, 0.25) is 0 Å². The molecule has 0 bridgehead atoms. The van der Waals surface area contributed by atoms with Crippen LogP contribution in [-0.2, 0) is 0 Å². The minimum absolute atomic E-state index is 1.32. The zero-order valence-corrected chi connectivity index (χ0v) is 6.21. The first-order valence-corrected chi connectivity index (χ1v) is 6.27. The van der Waals surface area contributed by atoms with Gasteiger partial charge in [0.1, 0.15) is 0 Å². The van der Waals surface area contributed by atoms with Crippen molar-refractivity contribution in [2.24, 2.45) is 3.86 Å². The number of halogens is 1. The van der Waals surface area contributed by atoms with Gasteiger partial charge < -0.3 is 0 Å². The molecule has 37 valence electrons. The van der Waals surface area contributed by atoms with Gasteiger partial charge in [-0.2, -0.15) is 0 Å². The van der Waals surface area contributed by atoms with Crippen LogP contribution in [0.5, 0.6) is 0 Å². The van der Waals surface area contributed by atoms with Gasteiger partial charge in [-0.1, -0.05) is 0 Å². The zero-order chi connectivity index (χ0) is 5.11. The Morgan fingerprint density at radius 1 is 1.43 bits per heavy atom. The van der Waals surface area contributed by atoms with E-state index in [0.717, 1.165) is 0 Å². The second kappa shape index (κ2) is 2.44. The molecule has 0 fully saturated rings. The van der Waals surface area contributed by atoms with Crippen LogP contribution in [0.15, 0.2) is 27.1 Å². The predicted molar refractivity (Wildman–Crippen MR) is 32.3 cm³/mol. The molecular formula is C4H4AsClN. The summed E-state index contributed by atoms with van der Waals surface area (Å²) in [7, 11) is 5.66. The van der Waals surface area contributed by atoms with E-state index in [-0.39, 0.29) is 0 Å². The molecule has 0 N–H and O–H groups in total. The van der Waals surface area contributed by atoms with E-state index in [9.17, 15) is 0 Å². The van der Waals surface area contributed by atoms with E-state index in [1.54, 1.807) is 6.20 Å². The molecule has 1 unspecified atom stereocenters. The van der Waals surface area contributed by atoms with Crippen LogP contribution in [0.25, 0.3) is 0 Å². The standard InChI is InChI=1S/C4H4AsClN/c6-5-3-1-2-4-7-5/h1-4H. The van der Waals surface area contributed by atoms with E-state index in [0.29, 0.717) is 0 Å². The van der Waals surface area contributed by atoms with Crippen molar-refractivity contribution >= 4 is 23.5 Å². The molecule has 1 rings (SSSR count). The molecule has 3 heteroatoms. The second-order valence-corrected chi connectivity index (χ2v) is 5.21. The second-order valence-electron chi connectivity index (χ2n) is 1.09. The molecule has 0 aromatic carbocycles. The summed E-state index contributed by atoms with van der Waals surface area (Å²) in [6.45, 7) is 0. The molecule has 0 aliphatic carbocycles. The Morgan fingerprint density at radius 3 is 2.57 bits per heavy atom. The van der Waals surface area contributed by atoms with Crippen molar-refractivity contribution in [3.63, 3.8) is 0 Å². The fraction of sp³-hybridized carbons (Fsp3) is 0. The fourth-order valence-electron chi connectivity index (χ4n) is 0.311. The molecule has 1 aliphatic heterocycles. The molecule has 7 heavy (non-hydrogen) atoms. The molecule has 1 heterocycles. The fourth-order valence-corrected chi connectivity index (χ4v) is 2.01. The van der Waals surface area contributed by atoms with Crippen molar-refractivity contribution in [1.82, 2.24) is 0 Å². The zero-order valence-electron chi connectivity index (χ0n) is 3.58. The van der Waals surface area contributed by atoms with Gasteiger partial charge in [-0.3, -0.25) is 0 Å². The van der Waals surface area contributed by atoms with Crippen LogP contribution in [-0.4, -0.2) is 13.5 Å². The summed E-state index contributed by atoms with van der Waals surface area (Å²) in [5.74, 6) is 0. The van der Waals surface area contributed by atoms with Crippen molar-refractivity contribution in [3.8, 4) is 0 Å². The Kier molecular flexibility index (Phi) is 1.84. The van der Waals surface area contributed by atoms with Gasteiger partial charge >= 0.3 is 50.5 Å². The van der Waals surface area contributed by atoms with Crippen LogP contribution in [0.4, 0.5) is 0 Å². The predicted octanol–water partition coefficient (Wildman–Crippen LogP) is 1.60. The van der Waals surface area contributed by atoms with Gasteiger partial charge in [0.15, 0.2) is 0 Å². The molecule has 1 atom stereocenters. The van der Waals surface area contributed by atoms with Crippen molar-refractivity contribution in [2.45, 2.75) is 0 Å². The normalized spacial score (nSPS) is 22.1. The van der Waals surface area contributed by atoms with E-state index in [1.165, 1.54) is 0 Å². The molecule has 0 spiro atoms. The van der Waals surface area contributed by atoms with E-state index in [2.05, 4.69) is 3.86 Å². The Morgan fingerprint density at radius 2 is 2.29 bits per heavy atom. The summed E-state index contributed by atoms with van der Waals surface area (Å²) in [6, 6.07) is 0. The van der Waals surface area contributed by atoms with E-state index >= 15 is 0 Å². The van der Waals surface area contributed by atoms with E-state index < -0.39 is 13.5 Å². The van der Waals surface area contributed by atoms with Crippen LogP contribution < -0.4 is 0 Å². The van der Waals surface area contributed by atoms with Gasteiger partial charge in [-0.15, -0.1) is 0 Å². The van der Waals surface area contributed by atoms with Gasteiger partial charge in [0.25, 0.3) is 0 Å². The molecule has 0 saturated carbocycles. The summed E-state index contributed by atoms with van der Waals surface area (Å²) in [5, 5.41) is 0. The third kappa shape index (κ3) is 1.58. The Balaban J connectivity index is 2.82. The minimum atomic E-state index is -1.32. The maximum absolute atomic E-state index is 5.66. The van der Waals surface area contributed by atoms with Crippen molar-refractivity contribution in [2.75, 3.05) is 0 Å². The number of nitrogens with zero attached hydrogens (tertiary/aromatic N) is 1. The van der Waals surface area contributed by atoms with Gasteiger partial charge in [0.05, 0.1) is 0 Å². The van der Waals surface area contributed by atoms with Crippen LogP contribution in [0.1, 0.15) is 0 Å². The first-order chi connectivity index (χ1) is 3.39. The average Bonchev–Trinajstić information content (AvgIpc) is 1.69. The van der Waals surface area contributed by atoms with Gasteiger partial charge in [-0.05, 0) is 0 Å². The van der Waals surface area contributed by atoms with Crippen LogP contribution in [0.3, 0.4) is 0 Å². The van der Waals surface area contributed by atoms with Crippen LogP contribution in [0, 0.1) is 0 Å². The molecule has 1 radical (unpaired) electrons. The Bertz CT molecular complexity index is 148. The number of hydrogen-bond donors (Lipinski definition) is 0. The van der Waals surface area contributed by atoms with Crippen molar-refractivity contribution in [1.29, 1.82) is 0 Å². The first-order valence-electron chi connectivity index (χ1n) is 1.89. The monoisotopic (exact) mass is 176 g/mol. The van der Waals surface area contributed by atoms with E-state index in [1.807, 2.05) is 17.0 Å². The molecule has 0 saturated heterocycles. The quantitative estimate of drug-likeness (QED) is 0.497. The summed E-state index contributed by atoms with van der Waals surface area (Å²) >= 11 is -1.32. The molecular weight excluding hydrogens is 172 g/mol. The number of rotatable bonds is 0. The Labute approximate surface area is 50.9 Å². The molecule has 0 aromatic rings. The number of hydrogen-bond acceptors (Lipinski definition) is 1. The summed E-state index contributed by atoms with van der Waals surface area (Å²) in [4.78, 5) is 1.97. The summed E-state index contributed by atoms with van der Waals surface area (Å²) in [5.41, 5.74) is 0. The summed E-state index contributed by atoms with van der Waals surface area (Å²) in [6.07, 6.45) is 5.58. The third-order valence-electron chi connectivity index (χ3n) is 0.583. The summed E-state index contributed by atoms with van der Waals surface area (Å²) < 4.78 is 3.97. The van der Waals surface area contributed by atoms with Gasteiger partial charge in [-0.25, -0.2) is 0 Å². The SMILES string of the molecule is Cl[As]1=NC=CC=C1. The van der Waals surface area contributed by atoms with Crippen molar-refractivity contribution < 1.29 is 0 Å². The Hall–Kier alpha value is 0.128. The topological polar surface area (TPSA) is 12.4 Å². The van der Waals surface area contributed by atoms with Crippen molar-refractivity contribution in [3.05, 3.63) is 23.2 Å². The van der Waals surface area contributed by atoms with E-state index in [4.69, 9.17) is 9.95 Å². The van der Waals surface area contributed by atoms with Gasteiger partial charge in [0, 0.05) is 0 Å². The molecule has 1 nitrogen and oxygen atoms in total.